The van der Waals surface area contributed by atoms with E-state index in [2.05, 4.69) is 5.32 Å². The first kappa shape index (κ1) is 18.5. The van der Waals surface area contributed by atoms with Crippen molar-refractivity contribution in [2.75, 3.05) is 13.2 Å². The molecule has 1 aromatic carbocycles. The normalized spacial score (nSPS) is 18.9. The second kappa shape index (κ2) is 8.83. The largest absolute Gasteiger partial charge is 0.461 e. The zero-order chi connectivity index (χ0) is 17.5. The average molecular weight is 333 g/mol. The van der Waals surface area contributed by atoms with Gasteiger partial charge in [0.2, 0.25) is 0 Å². The van der Waals surface area contributed by atoms with Crippen LogP contribution in [0.4, 0.5) is 0 Å². The molecule has 132 valence electrons. The minimum Gasteiger partial charge on any atom is -0.461 e. The van der Waals surface area contributed by atoms with Crippen molar-refractivity contribution in [3.63, 3.8) is 0 Å². The Morgan fingerprint density at radius 1 is 1.29 bits per heavy atom. The molecule has 2 rings (SSSR count). The van der Waals surface area contributed by atoms with Crippen molar-refractivity contribution >= 4 is 11.9 Å². The van der Waals surface area contributed by atoms with E-state index < -0.39 is 12.0 Å². The zero-order valence-electron chi connectivity index (χ0n) is 14.7. The summed E-state index contributed by atoms with van der Waals surface area (Å²) in [6.45, 7) is 6.63. The van der Waals surface area contributed by atoms with Crippen LogP contribution in [-0.2, 0) is 14.3 Å². The van der Waals surface area contributed by atoms with Gasteiger partial charge in [0.05, 0.1) is 6.10 Å². The summed E-state index contributed by atoms with van der Waals surface area (Å²) in [4.78, 5) is 24.8. The highest BCUT2D eigenvalue weighted by Crippen LogP contribution is 2.14. The lowest BCUT2D eigenvalue weighted by molar-refractivity contribution is -0.152. The maximum Gasteiger partial charge on any atom is 0.329 e. The fourth-order valence-corrected chi connectivity index (χ4v) is 2.75. The number of hydrogen-bond donors (Lipinski definition) is 1. The topological polar surface area (TPSA) is 64.6 Å². The van der Waals surface area contributed by atoms with Crippen molar-refractivity contribution in [1.29, 1.82) is 0 Å². The van der Waals surface area contributed by atoms with Gasteiger partial charge in [0.25, 0.3) is 5.91 Å². The number of carbonyl (C=O) groups excluding carboxylic acids is 2. The first-order valence-electron chi connectivity index (χ1n) is 8.63. The Morgan fingerprint density at radius 3 is 2.67 bits per heavy atom. The minimum absolute atomic E-state index is 0.0254. The lowest BCUT2D eigenvalue weighted by Gasteiger charge is -2.25. The third-order valence-electron chi connectivity index (χ3n) is 4.28. The van der Waals surface area contributed by atoms with Crippen LogP contribution in [-0.4, -0.2) is 37.2 Å². The Morgan fingerprint density at radius 2 is 2.04 bits per heavy atom. The Balaban J connectivity index is 1.94. The molecule has 1 saturated heterocycles. The number of esters is 1. The standard InChI is InChI=1S/C19H27NO4/c1-13(2)17(19(22)24-12-15-9-6-7-11-23-15)20-18(21)16-10-5-4-8-14(16)3/h4-5,8,10,13,15,17H,6-7,9,11-12H2,1-3H3,(H,20,21). The Hall–Kier alpha value is -1.88. The summed E-state index contributed by atoms with van der Waals surface area (Å²) in [7, 11) is 0. The molecule has 1 N–H and O–H groups in total. The molecule has 1 aromatic rings. The predicted molar refractivity (Wildman–Crippen MR) is 91.8 cm³/mol. The van der Waals surface area contributed by atoms with Crippen LogP contribution in [0.25, 0.3) is 0 Å². The quantitative estimate of drug-likeness (QED) is 0.813. The summed E-state index contributed by atoms with van der Waals surface area (Å²) in [6.07, 6.45) is 3.04. The molecule has 2 atom stereocenters. The fraction of sp³-hybridized carbons (Fsp3) is 0.579. The first-order valence-corrected chi connectivity index (χ1v) is 8.63. The van der Waals surface area contributed by atoms with Gasteiger partial charge in [0.1, 0.15) is 12.6 Å². The van der Waals surface area contributed by atoms with Crippen LogP contribution < -0.4 is 5.32 Å². The first-order chi connectivity index (χ1) is 11.5. The molecule has 1 aliphatic rings. The molecule has 0 radical (unpaired) electrons. The summed E-state index contributed by atoms with van der Waals surface area (Å²) in [5.41, 5.74) is 1.45. The van der Waals surface area contributed by atoms with E-state index in [1.807, 2.05) is 39.0 Å². The monoisotopic (exact) mass is 333 g/mol. The van der Waals surface area contributed by atoms with Gasteiger partial charge in [-0.3, -0.25) is 4.79 Å². The lowest BCUT2D eigenvalue weighted by Crippen LogP contribution is -2.46. The summed E-state index contributed by atoms with van der Waals surface area (Å²) in [6, 6.07) is 6.65. The van der Waals surface area contributed by atoms with E-state index >= 15 is 0 Å². The molecule has 5 heteroatoms. The van der Waals surface area contributed by atoms with E-state index in [0.717, 1.165) is 31.4 Å². The number of benzene rings is 1. The molecule has 1 heterocycles. The van der Waals surface area contributed by atoms with Crippen LogP contribution in [0, 0.1) is 12.8 Å². The zero-order valence-corrected chi connectivity index (χ0v) is 14.7. The number of ether oxygens (including phenoxy) is 2. The molecule has 0 aliphatic carbocycles. The molecule has 0 aromatic heterocycles. The molecule has 1 fully saturated rings. The van der Waals surface area contributed by atoms with Crippen molar-refractivity contribution in [1.82, 2.24) is 5.32 Å². The van der Waals surface area contributed by atoms with Crippen LogP contribution in [0.3, 0.4) is 0 Å². The summed E-state index contributed by atoms with van der Waals surface area (Å²) >= 11 is 0. The van der Waals surface area contributed by atoms with Crippen LogP contribution in [0.2, 0.25) is 0 Å². The summed E-state index contributed by atoms with van der Waals surface area (Å²) < 4.78 is 11.0. The number of rotatable bonds is 6. The van der Waals surface area contributed by atoms with Gasteiger partial charge in [0, 0.05) is 12.2 Å². The molecular formula is C19H27NO4. The van der Waals surface area contributed by atoms with Gasteiger partial charge in [-0.05, 0) is 43.7 Å². The molecule has 0 bridgehead atoms. The Labute approximate surface area is 143 Å². The molecule has 0 spiro atoms. The van der Waals surface area contributed by atoms with Gasteiger partial charge < -0.3 is 14.8 Å². The number of carbonyl (C=O) groups is 2. The van der Waals surface area contributed by atoms with Gasteiger partial charge in [-0.1, -0.05) is 32.0 Å². The molecule has 1 aliphatic heterocycles. The third-order valence-corrected chi connectivity index (χ3v) is 4.28. The van der Waals surface area contributed by atoms with Crippen LogP contribution >= 0.6 is 0 Å². The van der Waals surface area contributed by atoms with Crippen molar-refractivity contribution < 1.29 is 19.1 Å². The molecule has 1 amide bonds. The number of aryl methyl sites for hydroxylation is 1. The number of amides is 1. The van der Waals surface area contributed by atoms with Crippen LogP contribution in [0.15, 0.2) is 24.3 Å². The second-order valence-electron chi connectivity index (χ2n) is 6.63. The van der Waals surface area contributed by atoms with Crippen molar-refractivity contribution in [2.45, 2.75) is 52.2 Å². The number of nitrogens with one attached hydrogen (secondary N) is 1. The van der Waals surface area contributed by atoms with Crippen molar-refractivity contribution in [3.05, 3.63) is 35.4 Å². The Bertz CT molecular complexity index is 564. The maximum absolute atomic E-state index is 12.4. The fourth-order valence-electron chi connectivity index (χ4n) is 2.75. The van der Waals surface area contributed by atoms with E-state index in [-0.39, 0.29) is 24.5 Å². The predicted octanol–water partition coefficient (Wildman–Crippen LogP) is 2.86. The molecule has 24 heavy (non-hydrogen) atoms. The van der Waals surface area contributed by atoms with E-state index in [1.165, 1.54) is 0 Å². The molecular weight excluding hydrogens is 306 g/mol. The van der Waals surface area contributed by atoms with Gasteiger partial charge in [-0.25, -0.2) is 4.79 Å². The lowest BCUT2D eigenvalue weighted by atomic mass is 10.0. The highest BCUT2D eigenvalue weighted by Gasteiger charge is 2.27. The van der Waals surface area contributed by atoms with Crippen molar-refractivity contribution in [3.8, 4) is 0 Å². The highest BCUT2D eigenvalue weighted by molar-refractivity contribution is 5.98. The molecule has 0 saturated carbocycles. The van der Waals surface area contributed by atoms with E-state index in [1.54, 1.807) is 6.07 Å². The van der Waals surface area contributed by atoms with Gasteiger partial charge in [0.15, 0.2) is 0 Å². The SMILES string of the molecule is Cc1ccccc1C(=O)NC(C(=O)OCC1CCCCO1)C(C)C. The molecule has 2 unspecified atom stereocenters. The van der Waals surface area contributed by atoms with Crippen molar-refractivity contribution in [2.24, 2.45) is 5.92 Å². The van der Waals surface area contributed by atoms with Gasteiger partial charge >= 0.3 is 5.97 Å². The van der Waals surface area contributed by atoms with Crippen LogP contribution in [0.1, 0.15) is 49.0 Å². The van der Waals surface area contributed by atoms with Gasteiger partial charge in [-0.2, -0.15) is 0 Å². The summed E-state index contributed by atoms with van der Waals surface area (Å²) in [5.74, 6) is -0.712. The van der Waals surface area contributed by atoms with Gasteiger partial charge in [-0.15, -0.1) is 0 Å². The number of hydrogen-bond acceptors (Lipinski definition) is 4. The Kier molecular flexibility index (Phi) is 6.79. The third kappa shape index (κ3) is 5.06. The highest BCUT2D eigenvalue weighted by atomic mass is 16.6. The van der Waals surface area contributed by atoms with Crippen LogP contribution in [0.5, 0.6) is 0 Å². The second-order valence-corrected chi connectivity index (χ2v) is 6.63. The smallest absolute Gasteiger partial charge is 0.329 e. The maximum atomic E-state index is 12.4. The van der Waals surface area contributed by atoms with E-state index in [4.69, 9.17) is 9.47 Å². The minimum atomic E-state index is -0.666. The van der Waals surface area contributed by atoms with E-state index in [0.29, 0.717) is 5.56 Å². The van der Waals surface area contributed by atoms with E-state index in [9.17, 15) is 9.59 Å². The molecule has 5 nitrogen and oxygen atoms in total. The average Bonchev–Trinajstić information content (AvgIpc) is 2.58. The summed E-state index contributed by atoms with van der Waals surface area (Å²) in [5, 5.41) is 2.81.